The van der Waals surface area contributed by atoms with Crippen LogP contribution in [0.4, 0.5) is 0 Å². The van der Waals surface area contributed by atoms with Crippen molar-refractivity contribution in [2.24, 2.45) is 7.05 Å². The molecule has 0 bridgehead atoms. The molecule has 3 rings (SSSR count). The van der Waals surface area contributed by atoms with Crippen molar-refractivity contribution in [2.75, 3.05) is 0 Å². The van der Waals surface area contributed by atoms with Gasteiger partial charge >= 0.3 is 11.7 Å². The monoisotopic (exact) mass is 261 g/mol. The van der Waals surface area contributed by atoms with Gasteiger partial charge in [0.15, 0.2) is 5.58 Å². The summed E-state index contributed by atoms with van der Waals surface area (Å²) in [4.78, 5) is 23.1. The van der Waals surface area contributed by atoms with Crippen LogP contribution in [0.3, 0.4) is 0 Å². The maximum Gasteiger partial charge on any atom is 0.419 e. The summed E-state index contributed by atoms with van der Waals surface area (Å²) < 4.78 is 6.48. The Morgan fingerprint density at radius 3 is 2.68 bits per heavy atom. The lowest BCUT2D eigenvalue weighted by molar-refractivity contribution is -0.143. The van der Waals surface area contributed by atoms with Crippen LogP contribution in [0.25, 0.3) is 11.1 Å². The second kappa shape index (κ2) is 3.98. The smallest absolute Gasteiger partial charge is 0.419 e. The van der Waals surface area contributed by atoms with E-state index in [9.17, 15) is 14.7 Å². The molecule has 0 unspecified atom stereocenters. The molecule has 100 valence electrons. The first-order chi connectivity index (χ1) is 9.04. The molecule has 0 radical (unpaired) electrons. The quantitative estimate of drug-likeness (QED) is 0.897. The number of nitrogens with zero attached hydrogens (tertiary/aromatic N) is 1. The number of rotatable bonds is 2. The highest BCUT2D eigenvalue weighted by Crippen LogP contribution is 2.42. The Morgan fingerprint density at radius 1 is 1.37 bits per heavy atom. The standard InChI is InChI=1S/C14H15NO4/c1-15-10-8-9(4-5-11(10)19-13(15)18)14(12(16)17)6-2-3-7-14/h4-5,8H,2-3,6-7H2,1H3,(H,16,17). The molecular weight excluding hydrogens is 246 g/mol. The number of benzene rings is 1. The summed E-state index contributed by atoms with van der Waals surface area (Å²) in [6.07, 6.45) is 3.16. The van der Waals surface area contributed by atoms with Crippen molar-refractivity contribution < 1.29 is 14.3 Å². The van der Waals surface area contributed by atoms with Gasteiger partial charge in [0.25, 0.3) is 0 Å². The highest BCUT2D eigenvalue weighted by Gasteiger charge is 2.43. The van der Waals surface area contributed by atoms with Crippen molar-refractivity contribution in [3.8, 4) is 0 Å². The average molecular weight is 261 g/mol. The van der Waals surface area contributed by atoms with Crippen LogP contribution in [0.1, 0.15) is 31.2 Å². The highest BCUT2D eigenvalue weighted by molar-refractivity contribution is 5.84. The molecule has 1 aliphatic rings. The number of carboxylic acid groups (broad SMARTS) is 1. The number of carbonyl (C=O) groups is 1. The molecule has 0 saturated heterocycles. The summed E-state index contributed by atoms with van der Waals surface area (Å²) in [5.74, 6) is -1.21. The predicted octanol–water partition coefficient (Wildman–Crippen LogP) is 2.03. The normalized spacial score (nSPS) is 17.9. The van der Waals surface area contributed by atoms with E-state index in [0.717, 1.165) is 18.4 Å². The zero-order valence-electron chi connectivity index (χ0n) is 10.7. The van der Waals surface area contributed by atoms with Gasteiger partial charge in [-0.15, -0.1) is 0 Å². The summed E-state index contributed by atoms with van der Waals surface area (Å²) >= 11 is 0. The third-order valence-corrected chi connectivity index (χ3v) is 4.21. The molecule has 1 heterocycles. The lowest BCUT2D eigenvalue weighted by Crippen LogP contribution is -2.32. The summed E-state index contributed by atoms with van der Waals surface area (Å²) in [5, 5.41) is 9.57. The first-order valence-electron chi connectivity index (χ1n) is 6.38. The van der Waals surface area contributed by atoms with Gasteiger partial charge in [-0.25, -0.2) is 4.79 Å². The molecule has 1 fully saturated rings. The molecule has 0 amide bonds. The van der Waals surface area contributed by atoms with Gasteiger partial charge in [0.2, 0.25) is 0 Å². The van der Waals surface area contributed by atoms with Crippen molar-refractivity contribution in [1.29, 1.82) is 0 Å². The second-order valence-electron chi connectivity index (χ2n) is 5.20. The van der Waals surface area contributed by atoms with E-state index >= 15 is 0 Å². The average Bonchev–Trinajstić information content (AvgIpc) is 2.97. The molecular formula is C14H15NO4. The van der Waals surface area contributed by atoms with Crippen molar-refractivity contribution in [3.05, 3.63) is 34.3 Å². The number of hydrogen-bond donors (Lipinski definition) is 1. The molecule has 1 aromatic carbocycles. The van der Waals surface area contributed by atoms with E-state index < -0.39 is 17.1 Å². The van der Waals surface area contributed by atoms with Gasteiger partial charge in [-0.2, -0.15) is 0 Å². The summed E-state index contributed by atoms with van der Waals surface area (Å²) in [6, 6.07) is 5.24. The molecule has 1 N–H and O–H groups in total. The molecule has 5 nitrogen and oxygen atoms in total. The van der Waals surface area contributed by atoms with Crippen LogP contribution in [0.2, 0.25) is 0 Å². The van der Waals surface area contributed by atoms with E-state index in [1.807, 2.05) is 0 Å². The van der Waals surface area contributed by atoms with Crippen molar-refractivity contribution in [3.63, 3.8) is 0 Å². The van der Waals surface area contributed by atoms with E-state index in [1.54, 1.807) is 25.2 Å². The predicted molar refractivity (Wildman–Crippen MR) is 69.2 cm³/mol. The number of aromatic nitrogens is 1. The number of aliphatic carboxylic acids is 1. The molecule has 19 heavy (non-hydrogen) atoms. The molecule has 1 aliphatic carbocycles. The molecule has 0 spiro atoms. The van der Waals surface area contributed by atoms with Gasteiger partial charge in [-0.05, 0) is 30.5 Å². The van der Waals surface area contributed by atoms with E-state index in [-0.39, 0.29) is 0 Å². The number of fused-ring (bicyclic) bond motifs is 1. The maximum atomic E-state index is 11.7. The van der Waals surface area contributed by atoms with E-state index in [0.29, 0.717) is 23.9 Å². The molecule has 1 saturated carbocycles. The Hall–Kier alpha value is -2.04. The Balaban J connectivity index is 2.22. The zero-order chi connectivity index (χ0) is 13.6. The SMILES string of the molecule is Cn1c(=O)oc2ccc(C3(C(=O)O)CCCC3)cc21. The second-order valence-corrected chi connectivity index (χ2v) is 5.20. The van der Waals surface area contributed by atoms with E-state index in [1.165, 1.54) is 4.57 Å². The first-order valence-corrected chi connectivity index (χ1v) is 6.38. The van der Waals surface area contributed by atoms with Crippen molar-refractivity contribution >= 4 is 17.1 Å². The molecule has 5 heteroatoms. The Morgan fingerprint density at radius 2 is 2.05 bits per heavy atom. The lowest BCUT2D eigenvalue weighted by atomic mass is 9.79. The largest absolute Gasteiger partial charge is 0.481 e. The minimum atomic E-state index is -0.804. The molecule has 1 aromatic heterocycles. The van der Waals surface area contributed by atoms with Crippen molar-refractivity contribution in [2.45, 2.75) is 31.1 Å². The van der Waals surface area contributed by atoms with E-state index in [4.69, 9.17) is 4.42 Å². The Labute approximate surface area is 109 Å². The van der Waals surface area contributed by atoms with Gasteiger partial charge in [-0.1, -0.05) is 18.9 Å². The maximum absolute atomic E-state index is 11.7. The van der Waals surface area contributed by atoms with Crippen LogP contribution in [-0.2, 0) is 17.3 Å². The van der Waals surface area contributed by atoms with Gasteiger partial charge in [0, 0.05) is 7.05 Å². The third kappa shape index (κ3) is 1.61. The van der Waals surface area contributed by atoms with Crippen LogP contribution in [0, 0.1) is 0 Å². The molecule has 0 aliphatic heterocycles. The first kappa shape index (κ1) is 12.0. The summed E-state index contributed by atoms with van der Waals surface area (Å²) in [7, 11) is 1.63. The van der Waals surface area contributed by atoms with Gasteiger partial charge in [0.1, 0.15) is 0 Å². The fraction of sp³-hybridized carbons (Fsp3) is 0.429. The Bertz CT molecular complexity index is 704. The molecule has 2 aromatic rings. The lowest BCUT2D eigenvalue weighted by Gasteiger charge is -2.24. The van der Waals surface area contributed by atoms with Gasteiger partial charge < -0.3 is 9.52 Å². The van der Waals surface area contributed by atoms with E-state index in [2.05, 4.69) is 0 Å². The topological polar surface area (TPSA) is 72.4 Å². The minimum absolute atomic E-state index is 0.428. The fourth-order valence-electron chi connectivity index (χ4n) is 3.03. The number of carboxylic acids is 1. The number of oxazole rings is 1. The fourth-order valence-corrected chi connectivity index (χ4v) is 3.03. The number of aryl methyl sites for hydroxylation is 1. The summed E-state index contributed by atoms with van der Waals surface area (Å²) in [5.41, 5.74) is 1.10. The van der Waals surface area contributed by atoms with Gasteiger partial charge in [0.05, 0.1) is 10.9 Å². The van der Waals surface area contributed by atoms with Crippen LogP contribution >= 0.6 is 0 Å². The van der Waals surface area contributed by atoms with Gasteiger partial charge in [-0.3, -0.25) is 9.36 Å². The van der Waals surface area contributed by atoms with Crippen LogP contribution in [0.15, 0.2) is 27.4 Å². The number of hydrogen-bond acceptors (Lipinski definition) is 3. The zero-order valence-corrected chi connectivity index (χ0v) is 10.7. The summed E-state index contributed by atoms with van der Waals surface area (Å²) in [6.45, 7) is 0. The van der Waals surface area contributed by atoms with Crippen LogP contribution in [-0.4, -0.2) is 15.6 Å². The Kier molecular flexibility index (Phi) is 2.52. The third-order valence-electron chi connectivity index (χ3n) is 4.21. The minimum Gasteiger partial charge on any atom is -0.481 e. The van der Waals surface area contributed by atoms with Crippen molar-refractivity contribution in [1.82, 2.24) is 4.57 Å². The van der Waals surface area contributed by atoms with Crippen LogP contribution in [0.5, 0.6) is 0 Å². The highest BCUT2D eigenvalue weighted by atomic mass is 16.4. The van der Waals surface area contributed by atoms with Crippen LogP contribution < -0.4 is 5.76 Å². The molecule has 0 atom stereocenters.